The molecular weight excluding hydrogens is 202 g/mol. The van der Waals surface area contributed by atoms with Crippen molar-refractivity contribution in [2.45, 2.75) is 0 Å². The summed E-state index contributed by atoms with van der Waals surface area (Å²) in [6, 6.07) is 3.19. The van der Waals surface area contributed by atoms with Crippen LogP contribution in [0.2, 0.25) is 0 Å². The van der Waals surface area contributed by atoms with Gasteiger partial charge in [0.05, 0.1) is 5.69 Å². The number of carbonyl (C=O) groups is 1. The van der Waals surface area contributed by atoms with Gasteiger partial charge in [0.2, 0.25) is 0 Å². The van der Waals surface area contributed by atoms with Crippen LogP contribution in [0.3, 0.4) is 0 Å². The second-order valence-electron chi connectivity index (χ2n) is 2.92. The molecule has 5 heteroatoms. The Kier molecular flexibility index (Phi) is 2.29. The summed E-state index contributed by atoms with van der Waals surface area (Å²) in [6.45, 7) is 0. The molecule has 0 bridgehead atoms. The van der Waals surface area contributed by atoms with Crippen LogP contribution in [0.25, 0.3) is 5.69 Å². The fourth-order valence-corrected chi connectivity index (χ4v) is 1.22. The molecule has 0 aliphatic heterocycles. The quantitative estimate of drug-likeness (QED) is 0.707. The molecule has 0 amide bonds. The van der Waals surface area contributed by atoms with Gasteiger partial charge in [0.1, 0.15) is 23.7 Å². The van der Waals surface area contributed by atoms with Gasteiger partial charge in [-0.25, -0.2) is 13.8 Å². The van der Waals surface area contributed by atoms with E-state index in [-0.39, 0.29) is 11.4 Å². The molecule has 15 heavy (non-hydrogen) atoms. The van der Waals surface area contributed by atoms with Gasteiger partial charge in [0, 0.05) is 12.3 Å². The van der Waals surface area contributed by atoms with Crippen molar-refractivity contribution in [3.63, 3.8) is 0 Å². The zero-order valence-electron chi connectivity index (χ0n) is 7.52. The number of halogens is 2. The first-order valence-electron chi connectivity index (χ1n) is 4.15. The third kappa shape index (κ3) is 1.76. The minimum Gasteiger partial charge on any atom is -0.303 e. The number of aromatic nitrogens is 2. The maximum absolute atomic E-state index is 13.3. The smallest absolute Gasteiger partial charge is 0.170 e. The molecule has 0 aliphatic carbocycles. The van der Waals surface area contributed by atoms with E-state index in [2.05, 4.69) is 4.98 Å². The second-order valence-corrected chi connectivity index (χ2v) is 2.92. The van der Waals surface area contributed by atoms with Crippen LogP contribution < -0.4 is 0 Å². The Hall–Kier alpha value is -2.04. The highest BCUT2D eigenvalue weighted by Gasteiger charge is 2.06. The lowest BCUT2D eigenvalue weighted by Gasteiger charge is -2.02. The largest absolute Gasteiger partial charge is 0.303 e. The number of imidazole rings is 1. The summed E-state index contributed by atoms with van der Waals surface area (Å²) in [4.78, 5) is 14.1. The fourth-order valence-electron chi connectivity index (χ4n) is 1.22. The van der Waals surface area contributed by atoms with Crippen molar-refractivity contribution in [1.82, 2.24) is 9.55 Å². The van der Waals surface area contributed by atoms with Gasteiger partial charge < -0.3 is 4.57 Å². The van der Waals surface area contributed by atoms with Gasteiger partial charge in [0.15, 0.2) is 6.29 Å². The third-order valence-electron chi connectivity index (χ3n) is 1.91. The number of nitrogens with zero attached hydrogens (tertiary/aromatic N) is 2. The number of carbonyl (C=O) groups excluding carboxylic acids is 1. The molecule has 0 unspecified atom stereocenters. The van der Waals surface area contributed by atoms with E-state index >= 15 is 0 Å². The highest BCUT2D eigenvalue weighted by Crippen LogP contribution is 2.14. The number of aldehydes is 1. The molecule has 0 fully saturated rings. The van der Waals surface area contributed by atoms with Gasteiger partial charge in [-0.2, -0.15) is 0 Å². The molecule has 0 radical (unpaired) electrons. The molecule has 0 saturated heterocycles. The van der Waals surface area contributed by atoms with E-state index in [0.29, 0.717) is 6.29 Å². The molecule has 2 aromatic rings. The SMILES string of the molecule is O=Cc1cn(-c2ccc(F)cc2F)cn1. The molecule has 0 aliphatic rings. The van der Waals surface area contributed by atoms with Crippen LogP contribution in [0.1, 0.15) is 10.5 Å². The summed E-state index contributed by atoms with van der Waals surface area (Å²) in [6.07, 6.45) is 3.21. The van der Waals surface area contributed by atoms with Crippen LogP contribution in [-0.4, -0.2) is 15.8 Å². The van der Waals surface area contributed by atoms with E-state index in [1.807, 2.05) is 0 Å². The maximum atomic E-state index is 13.3. The highest BCUT2D eigenvalue weighted by molar-refractivity contribution is 5.71. The molecular formula is C10H6F2N2O. The Balaban J connectivity index is 2.49. The van der Waals surface area contributed by atoms with Crippen molar-refractivity contribution in [2.75, 3.05) is 0 Å². The molecule has 0 spiro atoms. The molecule has 76 valence electrons. The van der Waals surface area contributed by atoms with E-state index in [0.717, 1.165) is 12.1 Å². The van der Waals surface area contributed by atoms with Gasteiger partial charge in [-0.3, -0.25) is 4.79 Å². The first kappa shape index (κ1) is 9.51. The first-order valence-corrected chi connectivity index (χ1v) is 4.15. The van der Waals surface area contributed by atoms with Crippen molar-refractivity contribution in [3.8, 4) is 5.69 Å². The zero-order chi connectivity index (χ0) is 10.8. The molecule has 1 heterocycles. The van der Waals surface area contributed by atoms with Crippen molar-refractivity contribution in [3.05, 3.63) is 48.1 Å². The van der Waals surface area contributed by atoms with Gasteiger partial charge in [-0.15, -0.1) is 0 Å². The number of benzene rings is 1. The summed E-state index contributed by atoms with van der Waals surface area (Å²) >= 11 is 0. The average molecular weight is 208 g/mol. The van der Waals surface area contributed by atoms with Gasteiger partial charge >= 0.3 is 0 Å². The third-order valence-corrected chi connectivity index (χ3v) is 1.91. The van der Waals surface area contributed by atoms with E-state index in [4.69, 9.17) is 0 Å². The molecule has 2 rings (SSSR count). The Morgan fingerprint density at radius 2 is 2.13 bits per heavy atom. The van der Waals surface area contributed by atoms with E-state index in [9.17, 15) is 13.6 Å². The Morgan fingerprint density at radius 1 is 1.33 bits per heavy atom. The summed E-state index contributed by atoms with van der Waals surface area (Å²) in [5.41, 5.74) is 0.343. The van der Waals surface area contributed by atoms with E-state index in [1.54, 1.807) is 0 Å². The lowest BCUT2D eigenvalue weighted by molar-refractivity contribution is 0.111. The lowest BCUT2D eigenvalue weighted by atomic mass is 10.3. The maximum Gasteiger partial charge on any atom is 0.170 e. The van der Waals surface area contributed by atoms with Gasteiger partial charge in [-0.05, 0) is 12.1 Å². The van der Waals surface area contributed by atoms with Crippen LogP contribution in [0.15, 0.2) is 30.7 Å². The van der Waals surface area contributed by atoms with Crippen molar-refractivity contribution >= 4 is 6.29 Å². The Labute approximate surface area is 84.0 Å². The summed E-state index contributed by atoms with van der Waals surface area (Å²) in [5.74, 6) is -1.35. The summed E-state index contributed by atoms with van der Waals surface area (Å²) in [7, 11) is 0. The van der Waals surface area contributed by atoms with Crippen molar-refractivity contribution in [1.29, 1.82) is 0 Å². The molecule has 0 saturated carbocycles. The lowest BCUT2D eigenvalue weighted by Crippen LogP contribution is -1.95. The standard InChI is InChI=1S/C10H6F2N2O/c11-7-1-2-10(9(12)3-7)14-4-8(5-15)13-6-14/h1-6H. The predicted molar refractivity (Wildman–Crippen MR) is 48.9 cm³/mol. The molecule has 1 aromatic heterocycles. The van der Waals surface area contributed by atoms with E-state index in [1.165, 1.54) is 23.2 Å². The summed E-state index contributed by atoms with van der Waals surface area (Å²) < 4.78 is 27.2. The van der Waals surface area contributed by atoms with Crippen LogP contribution >= 0.6 is 0 Å². The molecule has 3 nitrogen and oxygen atoms in total. The normalized spacial score (nSPS) is 10.3. The topological polar surface area (TPSA) is 34.9 Å². The number of hydrogen-bond acceptors (Lipinski definition) is 2. The van der Waals surface area contributed by atoms with Crippen molar-refractivity contribution < 1.29 is 13.6 Å². The minimum absolute atomic E-state index is 0.150. The molecule has 0 atom stereocenters. The van der Waals surface area contributed by atoms with Crippen LogP contribution in [-0.2, 0) is 0 Å². The highest BCUT2D eigenvalue weighted by atomic mass is 19.1. The van der Waals surface area contributed by atoms with Gasteiger partial charge in [-0.1, -0.05) is 0 Å². The van der Waals surface area contributed by atoms with E-state index < -0.39 is 11.6 Å². The zero-order valence-corrected chi connectivity index (χ0v) is 7.52. The number of hydrogen-bond donors (Lipinski definition) is 0. The van der Waals surface area contributed by atoms with Crippen molar-refractivity contribution in [2.24, 2.45) is 0 Å². The van der Waals surface area contributed by atoms with Crippen LogP contribution in [0.5, 0.6) is 0 Å². The van der Waals surface area contributed by atoms with Crippen LogP contribution in [0, 0.1) is 11.6 Å². The average Bonchev–Trinajstić information content (AvgIpc) is 2.66. The number of rotatable bonds is 2. The minimum atomic E-state index is -0.704. The molecule has 0 N–H and O–H groups in total. The Morgan fingerprint density at radius 3 is 2.73 bits per heavy atom. The monoisotopic (exact) mass is 208 g/mol. The van der Waals surface area contributed by atoms with Crippen LogP contribution in [0.4, 0.5) is 8.78 Å². The Bertz CT molecular complexity index is 508. The summed E-state index contributed by atoms with van der Waals surface area (Å²) in [5, 5.41) is 0. The predicted octanol–water partition coefficient (Wildman–Crippen LogP) is 1.96. The fraction of sp³-hybridized carbons (Fsp3) is 0. The first-order chi connectivity index (χ1) is 7.20. The molecule has 1 aromatic carbocycles. The van der Waals surface area contributed by atoms with Gasteiger partial charge in [0.25, 0.3) is 0 Å². The second kappa shape index (κ2) is 3.61.